The van der Waals surface area contributed by atoms with E-state index in [4.69, 9.17) is 5.73 Å². The smallest absolute Gasteiger partial charge is 0.123 e. The molecule has 0 aliphatic heterocycles. The fraction of sp³-hybridized carbons (Fsp3) is 0.455. The lowest BCUT2D eigenvalue weighted by molar-refractivity contribution is 0.251. The largest absolute Gasteiger partial charge is 0.330 e. The van der Waals surface area contributed by atoms with E-state index < -0.39 is 0 Å². The van der Waals surface area contributed by atoms with Gasteiger partial charge in [-0.3, -0.25) is 0 Å². The zero-order valence-corrected chi connectivity index (χ0v) is 9.48. The molecule has 1 aromatic rings. The Labute approximate surface area is 91.6 Å². The van der Waals surface area contributed by atoms with Crippen LogP contribution in [0.1, 0.15) is 24.8 Å². The van der Waals surface area contributed by atoms with Crippen molar-refractivity contribution in [3.8, 4) is 0 Å². The Bertz CT molecular complexity index is 342. The minimum atomic E-state index is -0.178. The Balaban J connectivity index is 2.43. The average molecular weight is 258 g/mol. The lowest BCUT2D eigenvalue weighted by Gasteiger charge is -2.42. The maximum atomic E-state index is 13.1. The van der Waals surface area contributed by atoms with E-state index in [-0.39, 0.29) is 11.2 Å². The molecule has 1 aliphatic rings. The van der Waals surface area contributed by atoms with Crippen LogP contribution in [0.15, 0.2) is 22.7 Å². The van der Waals surface area contributed by atoms with Crippen LogP contribution in [0.4, 0.5) is 4.39 Å². The van der Waals surface area contributed by atoms with Crippen molar-refractivity contribution in [2.24, 2.45) is 5.73 Å². The molecule has 2 rings (SSSR count). The zero-order chi connectivity index (χ0) is 10.2. The molecule has 1 aromatic carbocycles. The van der Waals surface area contributed by atoms with Crippen LogP contribution < -0.4 is 5.73 Å². The number of benzene rings is 1. The monoisotopic (exact) mass is 257 g/mol. The van der Waals surface area contributed by atoms with E-state index >= 15 is 0 Å². The second kappa shape index (κ2) is 3.63. The van der Waals surface area contributed by atoms with Crippen molar-refractivity contribution in [3.05, 3.63) is 34.1 Å². The maximum absolute atomic E-state index is 13.1. The molecule has 3 heteroatoms. The highest BCUT2D eigenvalue weighted by Crippen LogP contribution is 2.45. The number of rotatable bonds is 2. The van der Waals surface area contributed by atoms with Crippen LogP contribution in [0.3, 0.4) is 0 Å². The molecule has 0 amide bonds. The van der Waals surface area contributed by atoms with Gasteiger partial charge in [0.15, 0.2) is 0 Å². The van der Waals surface area contributed by atoms with Crippen LogP contribution in [-0.2, 0) is 5.41 Å². The predicted octanol–water partition coefficient (Wildman–Crippen LogP) is 2.97. The summed E-state index contributed by atoms with van der Waals surface area (Å²) in [6.07, 6.45) is 3.34. The van der Waals surface area contributed by atoms with Gasteiger partial charge >= 0.3 is 0 Å². The first kappa shape index (κ1) is 10.1. The molecule has 0 aromatic heterocycles. The lowest BCUT2D eigenvalue weighted by Crippen LogP contribution is -2.41. The number of halogens is 2. The molecule has 0 radical (unpaired) electrons. The van der Waals surface area contributed by atoms with Crippen molar-refractivity contribution in [2.75, 3.05) is 6.54 Å². The van der Waals surface area contributed by atoms with E-state index in [9.17, 15) is 4.39 Å². The van der Waals surface area contributed by atoms with Crippen LogP contribution in [0.2, 0.25) is 0 Å². The Hall–Kier alpha value is -0.410. The SMILES string of the molecule is NCC1(c2cc(F)ccc2Br)CCC1. The van der Waals surface area contributed by atoms with Crippen molar-refractivity contribution in [1.82, 2.24) is 0 Å². The summed E-state index contributed by atoms with van der Waals surface area (Å²) in [5.74, 6) is -0.178. The summed E-state index contributed by atoms with van der Waals surface area (Å²) in [7, 11) is 0. The second-order valence-corrected chi connectivity index (χ2v) is 4.82. The summed E-state index contributed by atoms with van der Waals surface area (Å²) in [5, 5.41) is 0. The third-order valence-electron chi connectivity index (χ3n) is 3.20. The Morgan fingerprint density at radius 3 is 2.64 bits per heavy atom. The van der Waals surface area contributed by atoms with Crippen LogP contribution in [0.5, 0.6) is 0 Å². The molecule has 1 saturated carbocycles. The molecule has 0 bridgehead atoms. The summed E-state index contributed by atoms with van der Waals surface area (Å²) in [6.45, 7) is 0.606. The fourth-order valence-corrected chi connectivity index (χ4v) is 2.76. The van der Waals surface area contributed by atoms with Gasteiger partial charge in [-0.05, 0) is 36.6 Å². The van der Waals surface area contributed by atoms with Gasteiger partial charge in [-0.25, -0.2) is 4.39 Å². The van der Waals surface area contributed by atoms with Gasteiger partial charge in [0, 0.05) is 16.4 Å². The molecule has 0 atom stereocenters. The number of hydrogen-bond acceptors (Lipinski definition) is 1. The summed E-state index contributed by atoms with van der Waals surface area (Å²) in [6, 6.07) is 4.84. The highest BCUT2D eigenvalue weighted by atomic mass is 79.9. The van der Waals surface area contributed by atoms with Crippen molar-refractivity contribution in [2.45, 2.75) is 24.7 Å². The topological polar surface area (TPSA) is 26.0 Å². The summed E-state index contributed by atoms with van der Waals surface area (Å²) >= 11 is 3.46. The summed E-state index contributed by atoms with van der Waals surface area (Å²) in [5.41, 5.74) is 6.84. The molecule has 0 heterocycles. The lowest BCUT2D eigenvalue weighted by atomic mass is 9.64. The van der Waals surface area contributed by atoms with Crippen molar-refractivity contribution >= 4 is 15.9 Å². The third kappa shape index (κ3) is 1.48. The van der Waals surface area contributed by atoms with Gasteiger partial charge < -0.3 is 5.73 Å². The Morgan fingerprint density at radius 2 is 2.14 bits per heavy atom. The van der Waals surface area contributed by atoms with Gasteiger partial charge in [-0.15, -0.1) is 0 Å². The van der Waals surface area contributed by atoms with Gasteiger partial charge in [0.1, 0.15) is 5.82 Å². The fourth-order valence-electron chi connectivity index (χ4n) is 2.09. The standard InChI is InChI=1S/C11H13BrFN/c12-10-3-2-8(13)6-9(10)11(7-14)4-1-5-11/h2-3,6H,1,4-5,7,14H2. The van der Waals surface area contributed by atoms with Gasteiger partial charge in [0.25, 0.3) is 0 Å². The van der Waals surface area contributed by atoms with E-state index in [1.54, 1.807) is 12.1 Å². The average Bonchev–Trinajstić information content (AvgIpc) is 2.10. The van der Waals surface area contributed by atoms with Crippen LogP contribution in [-0.4, -0.2) is 6.54 Å². The number of hydrogen-bond donors (Lipinski definition) is 1. The van der Waals surface area contributed by atoms with Crippen LogP contribution >= 0.6 is 15.9 Å². The van der Waals surface area contributed by atoms with Crippen molar-refractivity contribution in [3.63, 3.8) is 0 Å². The molecular weight excluding hydrogens is 245 g/mol. The molecular formula is C11H13BrFN. The second-order valence-electron chi connectivity index (χ2n) is 3.96. The van der Waals surface area contributed by atoms with E-state index in [0.717, 1.165) is 22.9 Å². The molecule has 1 nitrogen and oxygen atoms in total. The first-order valence-corrected chi connectivity index (χ1v) is 5.63. The van der Waals surface area contributed by atoms with E-state index in [1.807, 2.05) is 0 Å². The molecule has 0 unspecified atom stereocenters. The first-order chi connectivity index (χ1) is 6.68. The zero-order valence-electron chi connectivity index (χ0n) is 7.89. The van der Waals surface area contributed by atoms with Crippen LogP contribution in [0, 0.1) is 5.82 Å². The molecule has 2 N–H and O–H groups in total. The summed E-state index contributed by atoms with van der Waals surface area (Å²) in [4.78, 5) is 0. The van der Waals surface area contributed by atoms with Crippen molar-refractivity contribution < 1.29 is 4.39 Å². The molecule has 76 valence electrons. The first-order valence-electron chi connectivity index (χ1n) is 4.83. The molecule has 1 fully saturated rings. The van der Waals surface area contributed by atoms with Gasteiger partial charge in [0.2, 0.25) is 0 Å². The van der Waals surface area contributed by atoms with E-state index in [1.165, 1.54) is 12.5 Å². The minimum Gasteiger partial charge on any atom is -0.330 e. The van der Waals surface area contributed by atoms with Gasteiger partial charge in [0.05, 0.1) is 0 Å². The quantitative estimate of drug-likeness (QED) is 0.867. The van der Waals surface area contributed by atoms with E-state index in [2.05, 4.69) is 15.9 Å². The molecule has 0 saturated heterocycles. The van der Waals surface area contributed by atoms with Crippen molar-refractivity contribution in [1.29, 1.82) is 0 Å². The van der Waals surface area contributed by atoms with Gasteiger partial charge in [-0.1, -0.05) is 22.4 Å². The maximum Gasteiger partial charge on any atom is 0.123 e. The van der Waals surface area contributed by atoms with Gasteiger partial charge in [-0.2, -0.15) is 0 Å². The summed E-state index contributed by atoms with van der Waals surface area (Å²) < 4.78 is 14.1. The molecule has 0 spiro atoms. The van der Waals surface area contributed by atoms with E-state index in [0.29, 0.717) is 6.54 Å². The predicted molar refractivity (Wildman–Crippen MR) is 58.7 cm³/mol. The highest BCUT2D eigenvalue weighted by Gasteiger charge is 2.38. The van der Waals surface area contributed by atoms with Crippen LogP contribution in [0.25, 0.3) is 0 Å². The normalized spacial score (nSPS) is 19.1. The molecule has 1 aliphatic carbocycles. The Kier molecular flexibility index (Phi) is 2.62. The minimum absolute atomic E-state index is 0.0287. The Morgan fingerprint density at radius 1 is 1.43 bits per heavy atom. The third-order valence-corrected chi connectivity index (χ3v) is 3.89. The highest BCUT2D eigenvalue weighted by molar-refractivity contribution is 9.10. The number of nitrogens with two attached hydrogens (primary N) is 1. The molecule has 14 heavy (non-hydrogen) atoms.